The maximum Gasteiger partial charge on any atom is 0.292 e. The average molecular weight is 193 g/mol. The van der Waals surface area contributed by atoms with Crippen molar-refractivity contribution in [3.63, 3.8) is 0 Å². The van der Waals surface area contributed by atoms with Gasteiger partial charge in [0.25, 0.3) is 6.47 Å². The molecule has 1 aliphatic rings. The number of ketones is 1. The van der Waals surface area contributed by atoms with Crippen LogP contribution >= 0.6 is 11.6 Å². The summed E-state index contributed by atoms with van der Waals surface area (Å²) in [5.74, 6) is 1.08. The summed E-state index contributed by atoms with van der Waals surface area (Å²) in [4.78, 5) is 19.7. The fourth-order valence-electron chi connectivity index (χ4n) is 1.05. The highest BCUT2D eigenvalue weighted by Gasteiger charge is 2.22. The maximum atomic E-state index is 10.7. The monoisotopic (exact) mass is 192 g/mol. The van der Waals surface area contributed by atoms with Gasteiger partial charge in [0.1, 0.15) is 5.78 Å². The first-order valence-corrected chi connectivity index (χ1v) is 4.34. The lowest BCUT2D eigenvalue weighted by molar-refractivity contribution is -0.126. The summed E-state index contributed by atoms with van der Waals surface area (Å²) in [7, 11) is 1.31. The SMILES string of the molecule is COC=O.O=C1CCCC1CCl. The van der Waals surface area contributed by atoms with E-state index in [2.05, 4.69) is 4.74 Å². The van der Waals surface area contributed by atoms with Gasteiger partial charge in [-0.3, -0.25) is 9.59 Å². The molecule has 0 spiro atoms. The van der Waals surface area contributed by atoms with Crippen LogP contribution in [0.25, 0.3) is 0 Å². The van der Waals surface area contributed by atoms with Gasteiger partial charge in [-0.1, -0.05) is 0 Å². The molecule has 0 saturated heterocycles. The number of alkyl halides is 1. The van der Waals surface area contributed by atoms with Gasteiger partial charge < -0.3 is 4.74 Å². The minimum absolute atomic E-state index is 0.191. The zero-order valence-corrected chi connectivity index (χ0v) is 7.84. The highest BCUT2D eigenvalue weighted by Crippen LogP contribution is 2.21. The number of rotatable bonds is 2. The Morgan fingerprint density at radius 3 is 2.50 bits per heavy atom. The van der Waals surface area contributed by atoms with Crippen molar-refractivity contribution in [3.05, 3.63) is 0 Å². The summed E-state index contributed by atoms with van der Waals surface area (Å²) in [6, 6.07) is 0. The molecule has 0 bridgehead atoms. The van der Waals surface area contributed by atoms with Crippen molar-refractivity contribution in [1.82, 2.24) is 0 Å². The summed E-state index contributed by atoms with van der Waals surface area (Å²) < 4.78 is 3.86. The standard InChI is InChI=1S/C6H9ClO.C2H4O2/c7-4-5-2-1-3-6(5)8;1-4-2-3/h5H,1-4H2;2H,1H3. The first-order valence-electron chi connectivity index (χ1n) is 3.81. The summed E-state index contributed by atoms with van der Waals surface area (Å²) >= 11 is 5.48. The van der Waals surface area contributed by atoms with Crippen molar-refractivity contribution in [3.8, 4) is 0 Å². The van der Waals surface area contributed by atoms with Crippen molar-refractivity contribution in [2.45, 2.75) is 19.3 Å². The Morgan fingerprint density at radius 1 is 1.75 bits per heavy atom. The van der Waals surface area contributed by atoms with Crippen LogP contribution in [-0.4, -0.2) is 25.2 Å². The summed E-state index contributed by atoms with van der Waals surface area (Å²) in [6.45, 7) is 0.375. The molecule has 0 heterocycles. The van der Waals surface area contributed by atoms with E-state index in [-0.39, 0.29) is 5.92 Å². The molecule has 12 heavy (non-hydrogen) atoms. The summed E-state index contributed by atoms with van der Waals surface area (Å²) in [6.07, 6.45) is 2.83. The lowest BCUT2D eigenvalue weighted by Gasteiger charge is -1.97. The second kappa shape index (κ2) is 7.10. The molecular formula is C8H13ClO3. The maximum absolute atomic E-state index is 10.7. The van der Waals surface area contributed by atoms with Crippen LogP contribution in [0.1, 0.15) is 19.3 Å². The van der Waals surface area contributed by atoms with E-state index in [0.717, 1.165) is 19.3 Å². The van der Waals surface area contributed by atoms with Gasteiger partial charge in [0.15, 0.2) is 0 Å². The lowest BCUT2D eigenvalue weighted by atomic mass is 10.1. The molecule has 1 fully saturated rings. The molecular weight excluding hydrogens is 180 g/mol. The molecule has 1 aliphatic carbocycles. The second-order valence-corrected chi connectivity index (χ2v) is 2.85. The van der Waals surface area contributed by atoms with Crippen LogP contribution in [0, 0.1) is 5.92 Å². The van der Waals surface area contributed by atoms with E-state index in [1.54, 1.807) is 0 Å². The molecule has 0 aromatic carbocycles. The van der Waals surface area contributed by atoms with E-state index in [1.807, 2.05) is 0 Å². The highest BCUT2D eigenvalue weighted by atomic mass is 35.5. The molecule has 4 heteroatoms. The van der Waals surface area contributed by atoms with E-state index < -0.39 is 0 Å². The van der Waals surface area contributed by atoms with Crippen molar-refractivity contribution in [1.29, 1.82) is 0 Å². The number of hydrogen-bond acceptors (Lipinski definition) is 3. The van der Waals surface area contributed by atoms with Gasteiger partial charge in [-0.25, -0.2) is 0 Å². The first kappa shape index (κ1) is 11.4. The van der Waals surface area contributed by atoms with Crippen LogP contribution in [0.3, 0.4) is 0 Å². The number of carbonyl (C=O) groups excluding carboxylic acids is 2. The second-order valence-electron chi connectivity index (χ2n) is 2.54. The Hall–Kier alpha value is -0.570. The van der Waals surface area contributed by atoms with Gasteiger partial charge in [0.2, 0.25) is 0 Å². The fraction of sp³-hybridized carbons (Fsp3) is 0.750. The number of ether oxygens (including phenoxy) is 1. The van der Waals surface area contributed by atoms with E-state index in [0.29, 0.717) is 18.1 Å². The van der Waals surface area contributed by atoms with Crippen LogP contribution in [0.2, 0.25) is 0 Å². The highest BCUT2D eigenvalue weighted by molar-refractivity contribution is 6.19. The van der Waals surface area contributed by atoms with Crippen molar-refractivity contribution < 1.29 is 14.3 Å². The molecule has 0 radical (unpaired) electrons. The Kier molecular flexibility index (Phi) is 6.76. The normalized spacial score (nSPS) is 21.2. The average Bonchev–Trinajstić information content (AvgIpc) is 2.51. The molecule has 1 rings (SSSR count). The third-order valence-electron chi connectivity index (χ3n) is 1.71. The third kappa shape index (κ3) is 4.34. The Bertz CT molecular complexity index is 147. The molecule has 1 unspecified atom stereocenters. The van der Waals surface area contributed by atoms with Crippen molar-refractivity contribution in [2.75, 3.05) is 13.0 Å². The van der Waals surface area contributed by atoms with Gasteiger partial charge in [-0.2, -0.15) is 0 Å². The van der Waals surface area contributed by atoms with E-state index in [4.69, 9.17) is 16.4 Å². The Labute approximate surface area is 77.0 Å². The van der Waals surface area contributed by atoms with Crippen LogP contribution < -0.4 is 0 Å². The van der Waals surface area contributed by atoms with Crippen LogP contribution in [0.15, 0.2) is 0 Å². The zero-order chi connectivity index (χ0) is 9.40. The molecule has 3 nitrogen and oxygen atoms in total. The van der Waals surface area contributed by atoms with Crippen LogP contribution in [0.5, 0.6) is 0 Å². The number of halogens is 1. The number of carbonyl (C=O) groups is 2. The minimum Gasteiger partial charge on any atom is -0.471 e. The van der Waals surface area contributed by atoms with Crippen LogP contribution in [-0.2, 0) is 14.3 Å². The summed E-state index contributed by atoms with van der Waals surface area (Å²) in [5, 5.41) is 0. The Morgan fingerprint density at radius 2 is 2.33 bits per heavy atom. The fourth-order valence-corrected chi connectivity index (χ4v) is 1.38. The third-order valence-corrected chi connectivity index (χ3v) is 2.09. The first-order chi connectivity index (χ1) is 5.76. The van der Waals surface area contributed by atoms with Gasteiger partial charge in [-0.05, 0) is 12.8 Å². The molecule has 0 aliphatic heterocycles. The van der Waals surface area contributed by atoms with Gasteiger partial charge >= 0.3 is 0 Å². The molecule has 1 saturated carbocycles. The van der Waals surface area contributed by atoms with Crippen molar-refractivity contribution >= 4 is 23.9 Å². The molecule has 0 N–H and O–H groups in total. The zero-order valence-electron chi connectivity index (χ0n) is 7.09. The topological polar surface area (TPSA) is 43.4 Å². The predicted octanol–water partition coefficient (Wildman–Crippen LogP) is 1.38. The smallest absolute Gasteiger partial charge is 0.292 e. The van der Waals surface area contributed by atoms with Gasteiger partial charge in [-0.15, -0.1) is 11.6 Å². The molecule has 0 aromatic heterocycles. The van der Waals surface area contributed by atoms with Gasteiger partial charge in [0, 0.05) is 18.2 Å². The lowest BCUT2D eigenvalue weighted by Crippen LogP contribution is -2.06. The number of hydrogen-bond donors (Lipinski definition) is 0. The molecule has 70 valence electrons. The molecule has 1 atom stereocenters. The van der Waals surface area contributed by atoms with Gasteiger partial charge in [0.05, 0.1) is 7.11 Å². The summed E-state index contributed by atoms with van der Waals surface area (Å²) in [5.41, 5.74) is 0. The van der Waals surface area contributed by atoms with E-state index in [1.165, 1.54) is 7.11 Å². The van der Waals surface area contributed by atoms with E-state index >= 15 is 0 Å². The predicted molar refractivity (Wildman–Crippen MR) is 46.1 cm³/mol. The van der Waals surface area contributed by atoms with Crippen LogP contribution in [0.4, 0.5) is 0 Å². The Balaban J connectivity index is 0.000000261. The molecule has 0 amide bonds. The number of methoxy groups -OCH3 is 1. The minimum atomic E-state index is 0.191. The van der Waals surface area contributed by atoms with E-state index in [9.17, 15) is 4.79 Å². The number of Topliss-reactive ketones (excluding diaryl/α,β-unsaturated/α-hetero) is 1. The molecule has 0 aromatic rings. The van der Waals surface area contributed by atoms with Crippen molar-refractivity contribution in [2.24, 2.45) is 5.92 Å². The largest absolute Gasteiger partial charge is 0.471 e. The quantitative estimate of drug-likeness (QED) is 0.491.